The molecule has 0 heterocycles. The molecule has 0 aromatic heterocycles. The molecule has 0 aliphatic rings. The lowest BCUT2D eigenvalue weighted by atomic mass is 9.94. The number of allylic oxidation sites excluding steroid dienone is 1. The predicted molar refractivity (Wildman–Crippen MR) is 77.4 cm³/mol. The summed E-state index contributed by atoms with van der Waals surface area (Å²) >= 11 is 0. The van der Waals surface area contributed by atoms with Crippen LogP contribution in [0.1, 0.15) is 37.3 Å². The van der Waals surface area contributed by atoms with Crippen molar-refractivity contribution in [1.82, 2.24) is 0 Å². The van der Waals surface area contributed by atoms with Crippen LogP contribution in [-0.4, -0.2) is 18.2 Å². The Kier molecular flexibility index (Phi) is 5.79. The summed E-state index contributed by atoms with van der Waals surface area (Å²) < 4.78 is 5.20. The second kappa shape index (κ2) is 7.34. The average molecular weight is 273 g/mol. The molecule has 0 saturated carbocycles. The van der Waals surface area contributed by atoms with Gasteiger partial charge in [0, 0.05) is 0 Å². The number of aryl methyl sites for hydroxylation is 1. The number of carboxylic acid groups (broad SMARTS) is 1. The molecule has 0 unspecified atom stereocenters. The number of nitrogens with zero attached hydrogens (tertiary/aromatic N) is 1. The van der Waals surface area contributed by atoms with Crippen molar-refractivity contribution in [2.45, 2.75) is 33.1 Å². The third-order valence-corrected chi connectivity index (χ3v) is 3.15. The van der Waals surface area contributed by atoms with Crippen LogP contribution in [0.15, 0.2) is 23.8 Å². The average Bonchev–Trinajstić information content (AvgIpc) is 2.42. The molecule has 1 rings (SSSR count). The highest BCUT2D eigenvalue weighted by Crippen LogP contribution is 2.28. The number of rotatable bonds is 6. The van der Waals surface area contributed by atoms with Crippen molar-refractivity contribution in [3.8, 4) is 11.8 Å². The Morgan fingerprint density at radius 1 is 1.45 bits per heavy atom. The van der Waals surface area contributed by atoms with E-state index in [2.05, 4.69) is 0 Å². The molecule has 106 valence electrons. The van der Waals surface area contributed by atoms with Gasteiger partial charge < -0.3 is 9.84 Å². The lowest BCUT2D eigenvalue weighted by molar-refractivity contribution is -0.132. The van der Waals surface area contributed by atoms with Gasteiger partial charge in [-0.25, -0.2) is 4.79 Å². The van der Waals surface area contributed by atoms with Gasteiger partial charge in [0.15, 0.2) is 0 Å². The fraction of sp³-hybridized carbons (Fsp3) is 0.375. The standard InChI is InChI=1S/C16H19NO3/c1-4-5-6-13(14(10-17)16(18)19)12-7-8-15(20-3)11(2)9-12/h7-9H,4-6H2,1-3H3,(H,18,19). The summed E-state index contributed by atoms with van der Waals surface area (Å²) in [5, 5.41) is 18.3. The number of benzene rings is 1. The predicted octanol–water partition coefficient (Wildman–Crippen LogP) is 3.56. The summed E-state index contributed by atoms with van der Waals surface area (Å²) in [6.07, 6.45) is 2.37. The van der Waals surface area contributed by atoms with E-state index in [1.54, 1.807) is 25.3 Å². The fourth-order valence-corrected chi connectivity index (χ4v) is 2.08. The Morgan fingerprint density at radius 3 is 2.60 bits per heavy atom. The number of nitriles is 1. The molecular formula is C16H19NO3. The minimum Gasteiger partial charge on any atom is -0.496 e. The van der Waals surface area contributed by atoms with Crippen LogP contribution in [0.2, 0.25) is 0 Å². The second-order valence-electron chi connectivity index (χ2n) is 4.56. The molecule has 1 aromatic rings. The number of hydrogen-bond donors (Lipinski definition) is 1. The summed E-state index contributed by atoms with van der Waals surface area (Å²) in [7, 11) is 1.59. The maximum atomic E-state index is 11.2. The summed E-state index contributed by atoms with van der Waals surface area (Å²) in [5.41, 5.74) is 2.10. The molecule has 0 fully saturated rings. The number of unbranched alkanes of at least 4 members (excludes halogenated alkanes) is 1. The Morgan fingerprint density at radius 2 is 2.15 bits per heavy atom. The molecule has 0 saturated heterocycles. The van der Waals surface area contributed by atoms with Gasteiger partial charge in [-0.1, -0.05) is 19.4 Å². The molecule has 0 atom stereocenters. The maximum absolute atomic E-state index is 11.2. The van der Waals surface area contributed by atoms with Crippen LogP contribution >= 0.6 is 0 Å². The van der Waals surface area contributed by atoms with Crippen molar-refractivity contribution in [3.63, 3.8) is 0 Å². The smallest absolute Gasteiger partial charge is 0.346 e. The molecule has 0 bridgehead atoms. The van der Waals surface area contributed by atoms with Gasteiger partial charge in [0.2, 0.25) is 0 Å². The van der Waals surface area contributed by atoms with E-state index in [1.165, 1.54) is 0 Å². The van der Waals surface area contributed by atoms with Crippen LogP contribution < -0.4 is 4.74 Å². The quantitative estimate of drug-likeness (QED) is 0.635. The van der Waals surface area contributed by atoms with Crippen molar-refractivity contribution < 1.29 is 14.6 Å². The van der Waals surface area contributed by atoms with Crippen LogP contribution in [0.3, 0.4) is 0 Å². The van der Waals surface area contributed by atoms with E-state index in [0.717, 1.165) is 29.7 Å². The number of methoxy groups -OCH3 is 1. The minimum atomic E-state index is -1.17. The van der Waals surface area contributed by atoms with Crippen LogP contribution in [0.4, 0.5) is 0 Å². The number of carbonyl (C=O) groups is 1. The first-order chi connectivity index (χ1) is 9.54. The highest BCUT2D eigenvalue weighted by molar-refractivity contribution is 6.00. The molecule has 1 aromatic carbocycles. The Balaban J connectivity index is 3.35. The maximum Gasteiger partial charge on any atom is 0.346 e. The van der Waals surface area contributed by atoms with E-state index >= 15 is 0 Å². The van der Waals surface area contributed by atoms with Gasteiger partial charge >= 0.3 is 5.97 Å². The zero-order valence-electron chi connectivity index (χ0n) is 12.1. The van der Waals surface area contributed by atoms with Crippen molar-refractivity contribution >= 4 is 11.5 Å². The number of hydrogen-bond acceptors (Lipinski definition) is 3. The van der Waals surface area contributed by atoms with Crippen molar-refractivity contribution in [2.24, 2.45) is 0 Å². The van der Waals surface area contributed by atoms with Crippen LogP contribution in [0.25, 0.3) is 5.57 Å². The van der Waals surface area contributed by atoms with Gasteiger partial charge in [-0.2, -0.15) is 5.26 Å². The van der Waals surface area contributed by atoms with E-state index < -0.39 is 5.97 Å². The van der Waals surface area contributed by atoms with Crippen molar-refractivity contribution in [2.75, 3.05) is 7.11 Å². The zero-order valence-corrected chi connectivity index (χ0v) is 12.1. The molecule has 1 N–H and O–H groups in total. The molecule has 0 aliphatic heterocycles. The monoisotopic (exact) mass is 273 g/mol. The van der Waals surface area contributed by atoms with E-state index in [1.807, 2.05) is 19.9 Å². The summed E-state index contributed by atoms with van der Waals surface area (Å²) in [6, 6.07) is 7.27. The number of aliphatic carboxylic acids is 1. The fourth-order valence-electron chi connectivity index (χ4n) is 2.08. The first-order valence-electron chi connectivity index (χ1n) is 6.56. The number of ether oxygens (including phenoxy) is 1. The first kappa shape index (κ1) is 15.8. The zero-order chi connectivity index (χ0) is 15.1. The van der Waals surface area contributed by atoms with E-state index in [4.69, 9.17) is 15.1 Å². The molecule has 0 spiro atoms. The molecule has 20 heavy (non-hydrogen) atoms. The highest BCUT2D eigenvalue weighted by Gasteiger charge is 2.16. The summed E-state index contributed by atoms with van der Waals surface area (Å²) in [6.45, 7) is 3.93. The van der Waals surface area contributed by atoms with Crippen LogP contribution in [0, 0.1) is 18.3 Å². The normalized spacial score (nSPS) is 11.5. The van der Waals surface area contributed by atoms with Gasteiger partial charge in [0.25, 0.3) is 0 Å². The second-order valence-corrected chi connectivity index (χ2v) is 4.56. The highest BCUT2D eigenvalue weighted by atomic mass is 16.5. The SMILES string of the molecule is CCCCC(=C(C#N)C(=O)O)c1ccc(OC)c(C)c1. The lowest BCUT2D eigenvalue weighted by Gasteiger charge is -2.11. The minimum absolute atomic E-state index is 0.178. The van der Waals surface area contributed by atoms with Gasteiger partial charge in [0.05, 0.1) is 7.11 Å². The van der Waals surface area contributed by atoms with Crippen molar-refractivity contribution in [1.29, 1.82) is 5.26 Å². The van der Waals surface area contributed by atoms with Crippen LogP contribution in [0.5, 0.6) is 5.75 Å². The van der Waals surface area contributed by atoms with Gasteiger partial charge in [0.1, 0.15) is 17.4 Å². The Hall–Kier alpha value is -2.28. The number of carboxylic acids is 1. The van der Waals surface area contributed by atoms with Gasteiger partial charge in [-0.05, 0) is 48.6 Å². The van der Waals surface area contributed by atoms with Crippen LogP contribution in [-0.2, 0) is 4.79 Å². The topological polar surface area (TPSA) is 70.3 Å². The molecule has 0 radical (unpaired) electrons. The molecular weight excluding hydrogens is 254 g/mol. The lowest BCUT2D eigenvalue weighted by Crippen LogP contribution is -2.03. The molecule has 0 aliphatic carbocycles. The molecule has 0 amide bonds. The van der Waals surface area contributed by atoms with Gasteiger partial charge in [-0.3, -0.25) is 0 Å². The molecule has 4 nitrogen and oxygen atoms in total. The van der Waals surface area contributed by atoms with Gasteiger partial charge in [-0.15, -0.1) is 0 Å². The van der Waals surface area contributed by atoms with E-state index in [0.29, 0.717) is 12.0 Å². The molecule has 4 heteroatoms. The Bertz CT molecular complexity index is 568. The summed E-state index contributed by atoms with van der Waals surface area (Å²) in [5.74, 6) is -0.426. The first-order valence-corrected chi connectivity index (χ1v) is 6.56. The summed E-state index contributed by atoms with van der Waals surface area (Å²) in [4.78, 5) is 11.2. The third-order valence-electron chi connectivity index (χ3n) is 3.15. The van der Waals surface area contributed by atoms with E-state index in [-0.39, 0.29) is 5.57 Å². The Labute approximate surface area is 119 Å². The van der Waals surface area contributed by atoms with E-state index in [9.17, 15) is 4.79 Å². The third kappa shape index (κ3) is 3.61. The van der Waals surface area contributed by atoms with Crippen molar-refractivity contribution in [3.05, 3.63) is 34.9 Å². The largest absolute Gasteiger partial charge is 0.496 e.